The lowest BCUT2D eigenvalue weighted by molar-refractivity contribution is 0.480. The van der Waals surface area contributed by atoms with Crippen LogP contribution in [0.5, 0.6) is 5.75 Å². The Balaban J connectivity index is 2.07. The van der Waals surface area contributed by atoms with Crippen LogP contribution in [0, 0.1) is 6.92 Å². The molecule has 0 radical (unpaired) electrons. The summed E-state index contributed by atoms with van der Waals surface area (Å²) in [6.07, 6.45) is 0. The van der Waals surface area contributed by atoms with E-state index in [4.69, 9.17) is 0 Å². The zero-order valence-corrected chi connectivity index (χ0v) is 10.6. The Bertz CT molecular complexity index is 723. The molecule has 0 aliphatic carbocycles. The average molecular weight is 250 g/mol. The van der Waals surface area contributed by atoms with Crippen molar-refractivity contribution in [3.63, 3.8) is 0 Å². The quantitative estimate of drug-likeness (QED) is 0.722. The monoisotopic (exact) mass is 250 g/mol. The lowest BCUT2D eigenvalue weighted by Gasteiger charge is -2.11. The van der Waals surface area contributed by atoms with Gasteiger partial charge in [-0.1, -0.05) is 30.3 Å². The predicted molar refractivity (Wildman–Crippen MR) is 77.9 cm³/mol. The van der Waals surface area contributed by atoms with Crippen LogP contribution in [0.3, 0.4) is 0 Å². The van der Waals surface area contributed by atoms with Gasteiger partial charge in [-0.2, -0.15) is 0 Å². The van der Waals surface area contributed by atoms with Crippen LogP contribution >= 0.6 is 0 Å². The normalized spacial score (nSPS) is 10.6. The predicted octanol–water partition coefficient (Wildman–Crippen LogP) is 3.99. The fraction of sp³-hybridized carbons (Fsp3) is 0.0625. The first-order chi connectivity index (χ1) is 9.24. The summed E-state index contributed by atoms with van der Waals surface area (Å²) in [5, 5.41) is 14.1. The second kappa shape index (κ2) is 4.61. The van der Waals surface area contributed by atoms with Crippen LogP contribution in [-0.2, 0) is 0 Å². The number of benzene rings is 2. The Morgan fingerprint density at radius 2 is 1.79 bits per heavy atom. The Morgan fingerprint density at radius 3 is 2.58 bits per heavy atom. The van der Waals surface area contributed by atoms with E-state index >= 15 is 0 Å². The van der Waals surface area contributed by atoms with Gasteiger partial charge in [-0.3, -0.25) is 0 Å². The van der Waals surface area contributed by atoms with Gasteiger partial charge in [-0.25, -0.2) is 4.98 Å². The minimum absolute atomic E-state index is 0.215. The molecule has 2 N–H and O–H groups in total. The van der Waals surface area contributed by atoms with Crippen molar-refractivity contribution in [3.05, 3.63) is 60.3 Å². The van der Waals surface area contributed by atoms with Gasteiger partial charge in [0.2, 0.25) is 0 Å². The number of aromatic hydroxyl groups is 1. The maximum Gasteiger partial charge on any atom is 0.141 e. The summed E-state index contributed by atoms with van der Waals surface area (Å²) in [4.78, 5) is 4.46. The summed E-state index contributed by atoms with van der Waals surface area (Å²) in [5.41, 5.74) is 3.47. The van der Waals surface area contributed by atoms with Gasteiger partial charge in [0.1, 0.15) is 11.3 Å². The molecule has 0 fully saturated rings. The maximum atomic E-state index is 9.79. The molecule has 0 aliphatic rings. The molecule has 0 saturated carbocycles. The largest absolute Gasteiger partial charge is 0.506 e. The zero-order valence-electron chi connectivity index (χ0n) is 10.6. The number of rotatable bonds is 2. The smallest absolute Gasteiger partial charge is 0.141 e. The molecule has 3 aromatic rings. The number of aromatic nitrogens is 1. The molecule has 0 bridgehead atoms. The molecule has 0 spiro atoms. The number of phenolic OH excluding ortho intramolecular Hbond substituents is 1. The number of aryl methyl sites for hydroxylation is 1. The molecule has 3 nitrogen and oxygen atoms in total. The van der Waals surface area contributed by atoms with Crippen LogP contribution in [0.15, 0.2) is 54.6 Å². The lowest BCUT2D eigenvalue weighted by atomic mass is 10.1. The number of pyridine rings is 1. The van der Waals surface area contributed by atoms with Gasteiger partial charge < -0.3 is 10.4 Å². The van der Waals surface area contributed by atoms with Crippen LogP contribution < -0.4 is 5.32 Å². The molecule has 1 aromatic heterocycles. The van der Waals surface area contributed by atoms with Crippen molar-refractivity contribution in [3.8, 4) is 5.75 Å². The van der Waals surface area contributed by atoms with E-state index < -0.39 is 0 Å². The molecule has 2 aromatic carbocycles. The molecular formula is C16H14N2O. The summed E-state index contributed by atoms with van der Waals surface area (Å²) < 4.78 is 0. The number of fused-ring (bicyclic) bond motifs is 1. The summed E-state index contributed by atoms with van der Waals surface area (Å²) in [5.74, 6) is 0.215. The fourth-order valence-corrected chi connectivity index (χ4v) is 2.08. The van der Waals surface area contributed by atoms with E-state index in [1.165, 1.54) is 0 Å². The first-order valence-corrected chi connectivity index (χ1v) is 6.15. The van der Waals surface area contributed by atoms with Crippen LogP contribution in [0.25, 0.3) is 10.9 Å². The molecule has 0 atom stereocenters. The van der Waals surface area contributed by atoms with Gasteiger partial charge in [-0.05, 0) is 31.2 Å². The van der Waals surface area contributed by atoms with Crippen molar-refractivity contribution in [2.75, 3.05) is 5.32 Å². The zero-order chi connectivity index (χ0) is 13.2. The van der Waals surface area contributed by atoms with Gasteiger partial charge in [0, 0.05) is 11.1 Å². The summed E-state index contributed by atoms with van der Waals surface area (Å²) in [6.45, 7) is 1.93. The summed E-state index contributed by atoms with van der Waals surface area (Å²) in [6, 6.07) is 17.4. The highest BCUT2D eigenvalue weighted by atomic mass is 16.3. The van der Waals surface area contributed by atoms with Gasteiger partial charge in [-0.15, -0.1) is 0 Å². The third-order valence-corrected chi connectivity index (χ3v) is 3.07. The Hall–Kier alpha value is -2.55. The fourth-order valence-electron chi connectivity index (χ4n) is 2.08. The number of phenols is 1. The molecule has 0 aliphatic heterocycles. The maximum absolute atomic E-state index is 9.79. The first-order valence-electron chi connectivity index (χ1n) is 6.15. The standard InChI is InChI=1S/C16H14N2O/c1-11-14(18-13-7-3-2-4-8-13)10-12-6-5-9-15(19)16(12)17-11/h2-10,18-19H,1H3. The van der Waals surface area contributed by atoms with E-state index in [0.29, 0.717) is 5.52 Å². The SMILES string of the molecule is Cc1nc2c(O)cccc2cc1Nc1ccccc1. The van der Waals surface area contributed by atoms with E-state index in [0.717, 1.165) is 22.5 Å². The van der Waals surface area contributed by atoms with E-state index in [9.17, 15) is 5.11 Å². The third kappa shape index (κ3) is 2.22. The molecular weight excluding hydrogens is 236 g/mol. The van der Waals surface area contributed by atoms with Crippen molar-refractivity contribution >= 4 is 22.3 Å². The Labute approximate surface area is 111 Å². The second-order valence-electron chi connectivity index (χ2n) is 4.46. The molecule has 1 heterocycles. The molecule has 3 heteroatoms. The molecule has 0 saturated heterocycles. The molecule has 94 valence electrons. The van der Waals surface area contributed by atoms with Crippen LogP contribution in [-0.4, -0.2) is 10.1 Å². The molecule has 3 rings (SSSR count). The highest BCUT2D eigenvalue weighted by Crippen LogP contribution is 2.28. The van der Waals surface area contributed by atoms with Crippen molar-refractivity contribution in [2.24, 2.45) is 0 Å². The van der Waals surface area contributed by atoms with Crippen molar-refractivity contribution in [1.29, 1.82) is 0 Å². The summed E-state index contributed by atoms with van der Waals surface area (Å²) in [7, 11) is 0. The topological polar surface area (TPSA) is 45.2 Å². The van der Waals surface area contributed by atoms with E-state index in [-0.39, 0.29) is 5.75 Å². The van der Waals surface area contributed by atoms with Gasteiger partial charge >= 0.3 is 0 Å². The van der Waals surface area contributed by atoms with E-state index in [1.54, 1.807) is 6.07 Å². The van der Waals surface area contributed by atoms with Gasteiger partial charge in [0.15, 0.2) is 0 Å². The van der Waals surface area contributed by atoms with Gasteiger partial charge in [0.25, 0.3) is 0 Å². The van der Waals surface area contributed by atoms with Crippen molar-refractivity contribution in [2.45, 2.75) is 6.92 Å². The average Bonchev–Trinajstić information content (AvgIpc) is 2.42. The highest BCUT2D eigenvalue weighted by molar-refractivity contribution is 5.88. The molecule has 0 amide bonds. The van der Waals surface area contributed by atoms with Crippen LogP contribution in [0.2, 0.25) is 0 Å². The number of nitrogens with one attached hydrogen (secondary N) is 1. The van der Waals surface area contributed by atoms with Crippen molar-refractivity contribution in [1.82, 2.24) is 4.98 Å². The number of hydrogen-bond donors (Lipinski definition) is 2. The van der Waals surface area contributed by atoms with E-state index in [2.05, 4.69) is 10.3 Å². The summed E-state index contributed by atoms with van der Waals surface area (Å²) >= 11 is 0. The number of anilines is 2. The second-order valence-corrected chi connectivity index (χ2v) is 4.46. The number of nitrogens with zero attached hydrogens (tertiary/aromatic N) is 1. The molecule has 19 heavy (non-hydrogen) atoms. The third-order valence-electron chi connectivity index (χ3n) is 3.07. The van der Waals surface area contributed by atoms with E-state index in [1.807, 2.05) is 55.5 Å². The number of hydrogen-bond acceptors (Lipinski definition) is 3. The highest BCUT2D eigenvalue weighted by Gasteiger charge is 2.06. The van der Waals surface area contributed by atoms with Crippen LogP contribution in [0.4, 0.5) is 11.4 Å². The Kier molecular flexibility index (Phi) is 2.80. The minimum Gasteiger partial charge on any atom is -0.506 e. The molecule has 0 unspecified atom stereocenters. The lowest BCUT2D eigenvalue weighted by Crippen LogP contribution is -1.95. The van der Waals surface area contributed by atoms with Gasteiger partial charge in [0.05, 0.1) is 11.4 Å². The number of para-hydroxylation sites is 2. The first kappa shape index (κ1) is 11.5. The van der Waals surface area contributed by atoms with Crippen LogP contribution in [0.1, 0.15) is 5.69 Å². The minimum atomic E-state index is 0.215. The van der Waals surface area contributed by atoms with Crippen molar-refractivity contribution < 1.29 is 5.11 Å². The Morgan fingerprint density at radius 1 is 1.00 bits per heavy atom.